The van der Waals surface area contributed by atoms with Crippen LogP contribution >= 0.6 is 0 Å². The fourth-order valence-electron chi connectivity index (χ4n) is 1.90. The summed E-state index contributed by atoms with van der Waals surface area (Å²) in [6.07, 6.45) is 1.04. The third-order valence-corrected chi connectivity index (χ3v) is 3.04. The number of hydrogen-bond acceptors (Lipinski definition) is 2. The molecule has 0 fully saturated rings. The normalized spacial score (nSPS) is 10.2. The first kappa shape index (κ1) is 13.3. The van der Waals surface area contributed by atoms with E-state index < -0.39 is 0 Å². The Morgan fingerprint density at radius 3 is 2.00 bits per heavy atom. The maximum absolute atomic E-state index is 11.5. The van der Waals surface area contributed by atoms with Gasteiger partial charge >= 0.3 is 0 Å². The van der Waals surface area contributed by atoms with Gasteiger partial charge in [-0.1, -0.05) is 43.3 Å². The summed E-state index contributed by atoms with van der Waals surface area (Å²) in [6, 6.07) is 15.9. The van der Waals surface area contributed by atoms with Crippen LogP contribution < -0.4 is 5.48 Å². The van der Waals surface area contributed by atoms with E-state index in [2.05, 4.69) is 41.5 Å². The van der Waals surface area contributed by atoms with Crippen molar-refractivity contribution < 1.29 is 9.63 Å². The van der Waals surface area contributed by atoms with Gasteiger partial charge in [0.05, 0.1) is 7.11 Å². The molecule has 1 amide bonds. The van der Waals surface area contributed by atoms with E-state index in [1.807, 2.05) is 12.1 Å². The molecule has 0 aliphatic heterocycles. The Hall–Kier alpha value is -2.13. The summed E-state index contributed by atoms with van der Waals surface area (Å²) in [6.45, 7) is 2.14. The number of hydroxylamine groups is 1. The maximum atomic E-state index is 11.5. The van der Waals surface area contributed by atoms with Crippen LogP contribution in [0.3, 0.4) is 0 Å². The van der Waals surface area contributed by atoms with Crippen molar-refractivity contribution in [3.8, 4) is 11.1 Å². The fourth-order valence-corrected chi connectivity index (χ4v) is 1.90. The zero-order chi connectivity index (χ0) is 13.7. The first-order valence-electron chi connectivity index (χ1n) is 6.27. The lowest BCUT2D eigenvalue weighted by molar-refractivity contribution is 0.0537. The molecular formula is C16H17NO2. The van der Waals surface area contributed by atoms with Gasteiger partial charge < -0.3 is 0 Å². The minimum atomic E-state index is -0.240. The average Bonchev–Trinajstić information content (AvgIpc) is 2.48. The van der Waals surface area contributed by atoms with Crippen molar-refractivity contribution in [1.29, 1.82) is 0 Å². The van der Waals surface area contributed by atoms with Crippen LogP contribution in [-0.4, -0.2) is 13.0 Å². The molecule has 2 aromatic carbocycles. The molecule has 0 bridgehead atoms. The van der Waals surface area contributed by atoms with Gasteiger partial charge in [-0.3, -0.25) is 9.63 Å². The molecule has 1 N–H and O–H groups in total. The van der Waals surface area contributed by atoms with Crippen molar-refractivity contribution in [2.24, 2.45) is 0 Å². The molecule has 0 aliphatic carbocycles. The molecule has 0 unspecified atom stereocenters. The van der Waals surface area contributed by atoms with E-state index in [9.17, 15) is 4.79 Å². The van der Waals surface area contributed by atoms with Crippen LogP contribution in [0.4, 0.5) is 0 Å². The fraction of sp³-hybridized carbons (Fsp3) is 0.188. The van der Waals surface area contributed by atoms with Gasteiger partial charge in [-0.15, -0.1) is 0 Å². The lowest BCUT2D eigenvalue weighted by atomic mass is 10.0. The summed E-state index contributed by atoms with van der Waals surface area (Å²) in [5.41, 5.74) is 6.44. The standard InChI is InChI=1S/C16H17NO2/c1-3-12-4-6-13(7-5-12)14-8-10-15(11-9-14)16(18)17-19-2/h4-11H,3H2,1-2H3,(H,17,18). The number of aryl methyl sites for hydroxylation is 1. The van der Waals surface area contributed by atoms with Crippen LogP contribution in [0.15, 0.2) is 48.5 Å². The molecule has 98 valence electrons. The first-order chi connectivity index (χ1) is 9.24. The molecule has 0 spiro atoms. The summed E-state index contributed by atoms with van der Waals surface area (Å²) in [4.78, 5) is 16.1. The van der Waals surface area contributed by atoms with Gasteiger partial charge in [0, 0.05) is 5.56 Å². The van der Waals surface area contributed by atoms with E-state index >= 15 is 0 Å². The predicted octanol–water partition coefficient (Wildman–Crippen LogP) is 3.21. The third kappa shape index (κ3) is 3.20. The lowest BCUT2D eigenvalue weighted by Gasteiger charge is -2.05. The van der Waals surface area contributed by atoms with Gasteiger partial charge in [0.2, 0.25) is 0 Å². The van der Waals surface area contributed by atoms with Crippen molar-refractivity contribution >= 4 is 5.91 Å². The Kier molecular flexibility index (Phi) is 4.31. The minimum Gasteiger partial charge on any atom is -0.277 e. The van der Waals surface area contributed by atoms with Crippen molar-refractivity contribution in [2.45, 2.75) is 13.3 Å². The molecule has 3 nitrogen and oxygen atoms in total. The highest BCUT2D eigenvalue weighted by molar-refractivity contribution is 5.93. The molecule has 3 heteroatoms. The quantitative estimate of drug-likeness (QED) is 0.852. The Balaban J connectivity index is 2.19. The molecule has 0 radical (unpaired) electrons. The second-order valence-corrected chi connectivity index (χ2v) is 4.26. The Morgan fingerprint density at radius 2 is 1.53 bits per heavy atom. The highest BCUT2D eigenvalue weighted by atomic mass is 16.6. The largest absolute Gasteiger partial charge is 0.277 e. The lowest BCUT2D eigenvalue weighted by Crippen LogP contribution is -2.21. The van der Waals surface area contributed by atoms with Crippen molar-refractivity contribution in [1.82, 2.24) is 5.48 Å². The number of carbonyl (C=O) groups is 1. The number of amides is 1. The molecule has 0 heterocycles. The monoisotopic (exact) mass is 255 g/mol. The highest BCUT2D eigenvalue weighted by Gasteiger charge is 2.05. The van der Waals surface area contributed by atoms with Crippen LogP contribution in [0.5, 0.6) is 0 Å². The van der Waals surface area contributed by atoms with Gasteiger partial charge in [0.15, 0.2) is 0 Å². The summed E-state index contributed by atoms with van der Waals surface area (Å²) in [5.74, 6) is -0.240. The van der Waals surface area contributed by atoms with Gasteiger partial charge in [-0.05, 0) is 35.2 Å². The number of hydrogen-bond donors (Lipinski definition) is 1. The summed E-state index contributed by atoms with van der Waals surface area (Å²) < 4.78 is 0. The Morgan fingerprint density at radius 1 is 1.00 bits per heavy atom. The molecular weight excluding hydrogens is 238 g/mol. The van der Waals surface area contributed by atoms with Gasteiger partial charge in [0.1, 0.15) is 0 Å². The van der Waals surface area contributed by atoms with Crippen molar-refractivity contribution in [3.05, 3.63) is 59.7 Å². The SMILES string of the molecule is CCc1ccc(-c2ccc(C(=O)NOC)cc2)cc1. The van der Waals surface area contributed by atoms with E-state index in [4.69, 9.17) is 0 Å². The van der Waals surface area contributed by atoms with Crippen LogP contribution in [0.1, 0.15) is 22.8 Å². The van der Waals surface area contributed by atoms with Crippen LogP contribution in [-0.2, 0) is 11.3 Å². The molecule has 2 aromatic rings. The van der Waals surface area contributed by atoms with Crippen LogP contribution in [0.25, 0.3) is 11.1 Å². The van der Waals surface area contributed by atoms with E-state index in [0.717, 1.165) is 17.5 Å². The summed E-state index contributed by atoms with van der Waals surface area (Å²) >= 11 is 0. The second-order valence-electron chi connectivity index (χ2n) is 4.26. The topological polar surface area (TPSA) is 38.3 Å². The number of nitrogens with one attached hydrogen (secondary N) is 1. The van der Waals surface area contributed by atoms with Crippen molar-refractivity contribution in [2.75, 3.05) is 7.11 Å². The minimum absolute atomic E-state index is 0.240. The van der Waals surface area contributed by atoms with E-state index in [1.54, 1.807) is 12.1 Å². The van der Waals surface area contributed by atoms with Gasteiger partial charge in [-0.2, -0.15) is 0 Å². The molecule has 0 saturated heterocycles. The zero-order valence-electron chi connectivity index (χ0n) is 11.1. The highest BCUT2D eigenvalue weighted by Crippen LogP contribution is 2.20. The van der Waals surface area contributed by atoms with Gasteiger partial charge in [-0.25, -0.2) is 5.48 Å². The molecule has 0 aromatic heterocycles. The molecule has 19 heavy (non-hydrogen) atoms. The molecule has 0 aliphatic rings. The van der Waals surface area contributed by atoms with Crippen molar-refractivity contribution in [3.63, 3.8) is 0 Å². The van der Waals surface area contributed by atoms with Crippen LogP contribution in [0.2, 0.25) is 0 Å². The predicted molar refractivity (Wildman–Crippen MR) is 75.7 cm³/mol. The number of rotatable bonds is 4. The zero-order valence-corrected chi connectivity index (χ0v) is 11.1. The Labute approximate surface area is 113 Å². The summed E-state index contributed by atoms with van der Waals surface area (Å²) in [7, 11) is 1.42. The molecule has 2 rings (SSSR count). The van der Waals surface area contributed by atoms with E-state index in [0.29, 0.717) is 5.56 Å². The Bertz CT molecular complexity index is 544. The third-order valence-electron chi connectivity index (χ3n) is 3.04. The van der Waals surface area contributed by atoms with Crippen LogP contribution in [0, 0.1) is 0 Å². The average molecular weight is 255 g/mol. The number of carbonyl (C=O) groups excluding carboxylic acids is 1. The van der Waals surface area contributed by atoms with E-state index in [1.165, 1.54) is 12.7 Å². The molecule has 0 saturated carbocycles. The molecule has 0 atom stereocenters. The first-order valence-corrected chi connectivity index (χ1v) is 6.27. The number of benzene rings is 2. The second kappa shape index (κ2) is 6.16. The van der Waals surface area contributed by atoms with Gasteiger partial charge in [0.25, 0.3) is 5.91 Å². The van der Waals surface area contributed by atoms with E-state index in [-0.39, 0.29) is 5.91 Å². The summed E-state index contributed by atoms with van der Waals surface area (Å²) in [5, 5.41) is 0. The maximum Gasteiger partial charge on any atom is 0.274 e. The smallest absolute Gasteiger partial charge is 0.274 e.